The molecule has 1 fully saturated rings. The third-order valence-electron chi connectivity index (χ3n) is 7.77. The highest BCUT2D eigenvalue weighted by atomic mass is 19.4. The summed E-state index contributed by atoms with van der Waals surface area (Å²) in [5.41, 5.74) is 1.77. The largest absolute Gasteiger partial charge is 0.416 e. The molecule has 1 saturated carbocycles. The zero-order valence-electron chi connectivity index (χ0n) is 21.3. The molecule has 4 rings (SSSR count). The van der Waals surface area contributed by atoms with Gasteiger partial charge in [0, 0.05) is 13.1 Å². The van der Waals surface area contributed by atoms with Crippen molar-refractivity contribution in [1.82, 2.24) is 4.90 Å². The molecule has 2 nitrogen and oxygen atoms in total. The van der Waals surface area contributed by atoms with E-state index in [0.717, 1.165) is 75.9 Å². The molecule has 37 heavy (non-hydrogen) atoms. The van der Waals surface area contributed by atoms with Gasteiger partial charge >= 0.3 is 6.18 Å². The maximum Gasteiger partial charge on any atom is 0.416 e. The Kier molecular flexibility index (Phi) is 9.05. The van der Waals surface area contributed by atoms with Crippen LogP contribution in [0.3, 0.4) is 0 Å². The van der Waals surface area contributed by atoms with Crippen LogP contribution in [0.4, 0.5) is 13.2 Å². The molecule has 3 aromatic carbocycles. The van der Waals surface area contributed by atoms with Crippen LogP contribution in [0.15, 0.2) is 84.9 Å². The van der Waals surface area contributed by atoms with Crippen molar-refractivity contribution in [2.45, 2.75) is 69.6 Å². The topological polar surface area (TPSA) is 27.0 Å². The first-order valence-electron chi connectivity index (χ1n) is 13.3. The van der Waals surface area contributed by atoms with Crippen LogP contribution in [0.1, 0.15) is 67.2 Å². The SMILES string of the molecule is N#CC(CCCN(Cc1ccccc1)Cc1ccccc1)(c1ccc(C(F)(F)F)cc1)C1CCCCC1. The van der Waals surface area contributed by atoms with Gasteiger partial charge in [-0.25, -0.2) is 0 Å². The molecular weight excluding hydrogens is 469 g/mol. The van der Waals surface area contributed by atoms with E-state index in [-0.39, 0.29) is 5.92 Å². The molecule has 0 aliphatic heterocycles. The third kappa shape index (κ3) is 7.02. The summed E-state index contributed by atoms with van der Waals surface area (Å²) in [6, 6.07) is 28.7. The Hall–Kier alpha value is -3.10. The molecule has 1 aliphatic carbocycles. The van der Waals surface area contributed by atoms with Gasteiger partial charge in [0.05, 0.1) is 17.0 Å². The van der Waals surface area contributed by atoms with Gasteiger partial charge in [0.2, 0.25) is 0 Å². The molecule has 194 valence electrons. The molecule has 0 N–H and O–H groups in total. The molecule has 1 aliphatic rings. The maximum absolute atomic E-state index is 13.2. The molecule has 0 bridgehead atoms. The lowest BCUT2D eigenvalue weighted by Crippen LogP contribution is -2.36. The van der Waals surface area contributed by atoms with Gasteiger partial charge in [0.1, 0.15) is 0 Å². The van der Waals surface area contributed by atoms with E-state index in [4.69, 9.17) is 0 Å². The molecule has 0 heterocycles. The molecule has 0 aromatic heterocycles. The number of rotatable bonds is 10. The molecule has 1 unspecified atom stereocenters. The van der Waals surface area contributed by atoms with Crippen LogP contribution in [-0.4, -0.2) is 11.4 Å². The first kappa shape index (κ1) is 26.9. The number of hydrogen-bond acceptors (Lipinski definition) is 2. The molecule has 0 saturated heterocycles. The van der Waals surface area contributed by atoms with Gasteiger partial charge in [-0.3, -0.25) is 4.90 Å². The van der Waals surface area contributed by atoms with E-state index in [0.29, 0.717) is 6.42 Å². The van der Waals surface area contributed by atoms with Gasteiger partial charge < -0.3 is 0 Å². The molecule has 5 heteroatoms. The van der Waals surface area contributed by atoms with Crippen LogP contribution in [0.5, 0.6) is 0 Å². The molecule has 1 atom stereocenters. The second-order valence-corrected chi connectivity index (χ2v) is 10.3. The highest BCUT2D eigenvalue weighted by Crippen LogP contribution is 2.44. The Morgan fingerprint density at radius 3 is 1.73 bits per heavy atom. The smallest absolute Gasteiger partial charge is 0.295 e. The van der Waals surface area contributed by atoms with E-state index in [1.54, 1.807) is 12.1 Å². The quantitative estimate of drug-likeness (QED) is 0.277. The van der Waals surface area contributed by atoms with Crippen molar-refractivity contribution in [2.24, 2.45) is 5.92 Å². The lowest BCUT2D eigenvalue weighted by atomic mass is 9.63. The fourth-order valence-electron chi connectivity index (χ4n) is 5.83. The van der Waals surface area contributed by atoms with Crippen molar-refractivity contribution in [1.29, 1.82) is 5.26 Å². The predicted molar refractivity (Wildman–Crippen MR) is 142 cm³/mol. The first-order valence-corrected chi connectivity index (χ1v) is 13.3. The highest BCUT2D eigenvalue weighted by Gasteiger charge is 2.41. The Bertz CT molecular complexity index is 1090. The first-order chi connectivity index (χ1) is 17.9. The summed E-state index contributed by atoms with van der Waals surface area (Å²) in [5, 5.41) is 10.6. The number of alkyl halides is 3. The van der Waals surface area contributed by atoms with Crippen molar-refractivity contribution in [3.05, 3.63) is 107 Å². The second-order valence-electron chi connectivity index (χ2n) is 10.3. The molecule has 0 spiro atoms. The Balaban J connectivity index is 1.54. The van der Waals surface area contributed by atoms with Crippen LogP contribution < -0.4 is 0 Å². The monoisotopic (exact) mass is 504 g/mol. The van der Waals surface area contributed by atoms with Gasteiger partial charge in [-0.1, -0.05) is 92.1 Å². The lowest BCUT2D eigenvalue weighted by Gasteiger charge is -2.38. The van der Waals surface area contributed by atoms with Crippen molar-refractivity contribution >= 4 is 0 Å². The number of nitriles is 1. The van der Waals surface area contributed by atoms with E-state index < -0.39 is 17.2 Å². The van der Waals surface area contributed by atoms with E-state index in [2.05, 4.69) is 35.2 Å². The minimum Gasteiger partial charge on any atom is -0.295 e. The summed E-state index contributed by atoms with van der Waals surface area (Å²) in [5.74, 6) is 0.166. The molecule has 3 aromatic rings. The van der Waals surface area contributed by atoms with Crippen molar-refractivity contribution < 1.29 is 13.2 Å². The van der Waals surface area contributed by atoms with Crippen LogP contribution in [0.2, 0.25) is 0 Å². The van der Waals surface area contributed by atoms with Gasteiger partial charge in [-0.05, 0) is 67.0 Å². The number of benzene rings is 3. The maximum atomic E-state index is 13.2. The van der Waals surface area contributed by atoms with Gasteiger partial charge in [-0.2, -0.15) is 18.4 Å². The predicted octanol–water partition coefficient (Wildman–Crippen LogP) is 8.53. The van der Waals surface area contributed by atoms with Crippen molar-refractivity contribution in [3.63, 3.8) is 0 Å². The van der Waals surface area contributed by atoms with E-state index >= 15 is 0 Å². The number of halogens is 3. The van der Waals surface area contributed by atoms with E-state index in [9.17, 15) is 18.4 Å². The average Bonchev–Trinajstić information content (AvgIpc) is 2.92. The van der Waals surface area contributed by atoms with Crippen molar-refractivity contribution in [3.8, 4) is 6.07 Å². The number of hydrogen-bond donors (Lipinski definition) is 0. The summed E-state index contributed by atoms with van der Waals surface area (Å²) in [7, 11) is 0. The highest BCUT2D eigenvalue weighted by molar-refractivity contribution is 5.37. The van der Waals surface area contributed by atoms with Crippen molar-refractivity contribution in [2.75, 3.05) is 6.54 Å². The summed E-state index contributed by atoms with van der Waals surface area (Å²) < 4.78 is 39.7. The van der Waals surface area contributed by atoms with Gasteiger partial charge in [0.15, 0.2) is 0 Å². The van der Waals surface area contributed by atoms with Gasteiger partial charge in [0.25, 0.3) is 0 Å². The second kappa shape index (κ2) is 12.4. The van der Waals surface area contributed by atoms with Gasteiger partial charge in [-0.15, -0.1) is 0 Å². The molecule has 0 radical (unpaired) electrons. The zero-order chi connectivity index (χ0) is 26.1. The minimum absolute atomic E-state index is 0.166. The van der Waals surface area contributed by atoms with E-state index in [1.807, 2.05) is 36.4 Å². The zero-order valence-corrected chi connectivity index (χ0v) is 21.3. The Labute approximate surface area is 218 Å². The third-order valence-corrected chi connectivity index (χ3v) is 7.77. The lowest BCUT2D eigenvalue weighted by molar-refractivity contribution is -0.137. The summed E-state index contributed by atoms with van der Waals surface area (Å²) in [6.45, 7) is 2.42. The summed E-state index contributed by atoms with van der Waals surface area (Å²) in [6.07, 6.45) is 2.26. The Morgan fingerprint density at radius 2 is 1.24 bits per heavy atom. The normalized spacial score (nSPS) is 16.3. The fraction of sp³-hybridized carbons (Fsp3) is 0.406. The van der Waals surface area contributed by atoms with Crippen LogP contribution >= 0.6 is 0 Å². The summed E-state index contributed by atoms with van der Waals surface area (Å²) >= 11 is 0. The standard InChI is InChI=1S/C32H35F3N2/c33-32(34,35)30-19-17-29(18-20-30)31(25-36,28-15-8-3-9-16-28)21-10-22-37(23-26-11-4-1-5-12-26)24-27-13-6-2-7-14-27/h1-2,4-7,11-14,17-20,28H,3,8-10,15-16,21-24H2. The summed E-state index contributed by atoms with van der Waals surface area (Å²) in [4.78, 5) is 2.40. The van der Waals surface area contributed by atoms with Crippen LogP contribution in [0.25, 0.3) is 0 Å². The van der Waals surface area contributed by atoms with E-state index in [1.165, 1.54) is 11.1 Å². The van der Waals surface area contributed by atoms with Crippen LogP contribution in [0, 0.1) is 17.2 Å². The average molecular weight is 505 g/mol. The number of nitrogens with zero attached hydrogens (tertiary/aromatic N) is 2. The molecule has 0 amide bonds. The van der Waals surface area contributed by atoms with Crippen LogP contribution in [-0.2, 0) is 24.7 Å². The molecular formula is C32H35F3N2. The minimum atomic E-state index is -4.38. The fourth-order valence-corrected chi connectivity index (χ4v) is 5.83. The Morgan fingerprint density at radius 1 is 0.730 bits per heavy atom.